The SMILES string of the molecule is CC(O)C(NC(=O)C(NC(=O)C(CC(=O)O)NC(=O)C(N)CO)C(C)O)C(=O)O. The van der Waals surface area contributed by atoms with E-state index >= 15 is 0 Å². The minimum absolute atomic E-state index is 0.776. The van der Waals surface area contributed by atoms with E-state index in [4.69, 9.17) is 21.1 Å². The summed E-state index contributed by atoms with van der Waals surface area (Å²) in [6, 6.07) is -6.61. The van der Waals surface area contributed by atoms with Gasteiger partial charge in [0, 0.05) is 0 Å². The first-order valence-corrected chi connectivity index (χ1v) is 8.40. The van der Waals surface area contributed by atoms with Gasteiger partial charge in [-0.3, -0.25) is 19.2 Å². The minimum atomic E-state index is -1.74. The van der Waals surface area contributed by atoms with Crippen LogP contribution in [0.1, 0.15) is 20.3 Å². The molecule has 0 saturated heterocycles. The van der Waals surface area contributed by atoms with Crippen molar-refractivity contribution in [2.75, 3.05) is 6.61 Å². The highest BCUT2D eigenvalue weighted by molar-refractivity contribution is 5.95. The zero-order chi connectivity index (χ0) is 22.9. The normalized spacial score (nSPS) is 17.0. The molecular formula is C15H26N4O10. The van der Waals surface area contributed by atoms with E-state index in [1.54, 1.807) is 0 Å². The largest absolute Gasteiger partial charge is 0.481 e. The number of amides is 3. The van der Waals surface area contributed by atoms with Crippen LogP contribution in [-0.4, -0.2) is 98.2 Å². The number of nitrogens with two attached hydrogens (primary N) is 1. The molecule has 14 heteroatoms. The van der Waals surface area contributed by atoms with Crippen LogP contribution < -0.4 is 21.7 Å². The molecule has 3 amide bonds. The van der Waals surface area contributed by atoms with E-state index in [0.717, 1.165) is 13.8 Å². The van der Waals surface area contributed by atoms with E-state index < -0.39 is 79.1 Å². The van der Waals surface area contributed by atoms with E-state index in [9.17, 15) is 34.2 Å². The summed E-state index contributed by atoms with van der Waals surface area (Å²) < 4.78 is 0. The number of aliphatic hydroxyl groups excluding tert-OH is 3. The highest BCUT2D eigenvalue weighted by Crippen LogP contribution is 2.01. The molecule has 0 aromatic rings. The van der Waals surface area contributed by atoms with Crippen molar-refractivity contribution in [2.45, 2.75) is 56.6 Å². The molecule has 0 aliphatic heterocycles. The Balaban J connectivity index is 5.41. The van der Waals surface area contributed by atoms with E-state index in [1.165, 1.54) is 0 Å². The Labute approximate surface area is 165 Å². The maximum absolute atomic E-state index is 12.3. The average Bonchev–Trinajstić information content (AvgIpc) is 2.60. The summed E-state index contributed by atoms with van der Waals surface area (Å²) in [5.41, 5.74) is 5.28. The second-order valence-electron chi connectivity index (χ2n) is 6.24. The van der Waals surface area contributed by atoms with Gasteiger partial charge in [0.25, 0.3) is 0 Å². The summed E-state index contributed by atoms with van der Waals surface area (Å²) in [5.74, 6) is -6.45. The van der Waals surface area contributed by atoms with Crippen molar-refractivity contribution < 1.29 is 49.5 Å². The maximum atomic E-state index is 12.3. The van der Waals surface area contributed by atoms with Crippen molar-refractivity contribution in [3.05, 3.63) is 0 Å². The zero-order valence-electron chi connectivity index (χ0n) is 15.7. The lowest BCUT2D eigenvalue weighted by molar-refractivity contribution is -0.146. The van der Waals surface area contributed by atoms with Crippen LogP contribution in [0.4, 0.5) is 0 Å². The van der Waals surface area contributed by atoms with Crippen molar-refractivity contribution in [1.29, 1.82) is 0 Å². The number of carboxylic acid groups (broad SMARTS) is 2. The molecule has 0 aliphatic carbocycles. The average molecular weight is 422 g/mol. The summed E-state index contributed by atoms with van der Waals surface area (Å²) in [5, 5.41) is 51.8. The molecule has 10 N–H and O–H groups in total. The molecule has 6 atom stereocenters. The third-order valence-electron chi connectivity index (χ3n) is 3.65. The zero-order valence-corrected chi connectivity index (χ0v) is 15.7. The number of rotatable bonds is 12. The van der Waals surface area contributed by atoms with Crippen LogP contribution in [0.5, 0.6) is 0 Å². The van der Waals surface area contributed by atoms with E-state index in [-0.39, 0.29) is 0 Å². The monoisotopic (exact) mass is 422 g/mol. The molecule has 0 rings (SSSR count). The van der Waals surface area contributed by atoms with Crippen LogP contribution >= 0.6 is 0 Å². The lowest BCUT2D eigenvalue weighted by Crippen LogP contribution is -2.61. The smallest absolute Gasteiger partial charge is 0.328 e. The van der Waals surface area contributed by atoms with Crippen molar-refractivity contribution in [3.63, 3.8) is 0 Å². The molecule has 0 fully saturated rings. The van der Waals surface area contributed by atoms with Crippen molar-refractivity contribution in [2.24, 2.45) is 5.73 Å². The first-order chi connectivity index (χ1) is 13.3. The Kier molecular flexibility index (Phi) is 10.7. The summed E-state index contributed by atoms with van der Waals surface area (Å²) in [6.45, 7) is 1.41. The molecule has 0 aliphatic rings. The second-order valence-corrected chi connectivity index (χ2v) is 6.24. The Bertz CT molecular complexity index is 624. The van der Waals surface area contributed by atoms with Gasteiger partial charge in [-0.05, 0) is 13.8 Å². The number of hydrogen-bond acceptors (Lipinski definition) is 9. The molecule has 0 spiro atoms. The van der Waals surface area contributed by atoms with Crippen molar-refractivity contribution in [1.82, 2.24) is 16.0 Å². The van der Waals surface area contributed by atoms with Crippen molar-refractivity contribution in [3.8, 4) is 0 Å². The van der Waals surface area contributed by atoms with Gasteiger partial charge in [-0.25, -0.2) is 4.79 Å². The summed E-state index contributed by atoms with van der Waals surface area (Å²) in [7, 11) is 0. The fourth-order valence-corrected chi connectivity index (χ4v) is 2.04. The molecule has 0 heterocycles. The predicted octanol–water partition coefficient (Wildman–Crippen LogP) is -4.92. The van der Waals surface area contributed by atoms with Crippen LogP contribution in [0.2, 0.25) is 0 Å². The molecule has 29 heavy (non-hydrogen) atoms. The molecule has 14 nitrogen and oxygen atoms in total. The van der Waals surface area contributed by atoms with Gasteiger partial charge >= 0.3 is 11.9 Å². The van der Waals surface area contributed by atoms with Crippen LogP contribution in [0.15, 0.2) is 0 Å². The fourth-order valence-electron chi connectivity index (χ4n) is 2.04. The number of hydrogen-bond donors (Lipinski definition) is 9. The van der Waals surface area contributed by atoms with Gasteiger partial charge < -0.3 is 47.2 Å². The number of aliphatic hydroxyl groups is 3. The number of carbonyl (C=O) groups is 5. The van der Waals surface area contributed by atoms with Gasteiger partial charge in [0.15, 0.2) is 6.04 Å². The standard InChI is InChI=1S/C15H26N4O10/c1-5(21)10(14(27)19-11(6(2)22)15(28)29)18-13(26)8(3-9(23)24)17-12(25)7(16)4-20/h5-8,10-11,20-22H,3-4,16H2,1-2H3,(H,17,25)(H,18,26)(H,19,27)(H,23,24)(H,28,29). The van der Waals surface area contributed by atoms with Crippen LogP contribution in [0, 0.1) is 0 Å². The Hall–Kier alpha value is -2.81. The lowest BCUT2D eigenvalue weighted by atomic mass is 10.1. The molecule has 0 aromatic carbocycles. The molecule has 166 valence electrons. The third kappa shape index (κ3) is 8.82. The quantitative estimate of drug-likeness (QED) is 0.144. The van der Waals surface area contributed by atoms with E-state index in [1.807, 2.05) is 16.0 Å². The minimum Gasteiger partial charge on any atom is -0.481 e. The summed E-state index contributed by atoms with van der Waals surface area (Å²) >= 11 is 0. The van der Waals surface area contributed by atoms with Crippen LogP contribution in [-0.2, 0) is 24.0 Å². The second kappa shape index (κ2) is 11.9. The topological polar surface area (TPSA) is 249 Å². The van der Waals surface area contributed by atoms with Gasteiger partial charge in [0.1, 0.15) is 18.1 Å². The molecule has 0 saturated carbocycles. The van der Waals surface area contributed by atoms with Crippen molar-refractivity contribution >= 4 is 29.7 Å². The Morgan fingerprint density at radius 2 is 1.31 bits per heavy atom. The molecule has 0 aromatic heterocycles. The number of carbonyl (C=O) groups excluding carboxylic acids is 3. The number of nitrogens with one attached hydrogen (secondary N) is 3. The predicted molar refractivity (Wildman–Crippen MR) is 94.1 cm³/mol. The third-order valence-corrected chi connectivity index (χ3v) is 3.65. The lowest BCUT2D eigenvalue weighted by Gasteiger charge is -2.26. The van der Waals surface area contributed by atoms with E-state index in [0.29, 0.717) is 0 Å². The highest BCUT2D eigenvalue weighted by Gasteiger charge is 2.34. The van der Waals surface area contributed by atoms with Gasteiger partial charge in [0.2, 0.25) is 17.7 Å². The van der Waals surface area contributed by atoms with Gasteiger partial charge in [-0.15, -0.1) is 0 Å². The van der Waals surface area contributed by atoms with Gasteiger partial charge in [-0.2, -0.15) is 0 Å². The fraction of sp³-hybridized carbons (Fsp3) is 0.667. The van der Waals surface area contributed by atoms with Crippen LogP contribution in [0.25, 0.3) is 0 Å². The number of carboxylic acids is 2. The molecular weight excluding hydrogens is 396 g/mol. The summed E-state index contributed by atoms with van der Waals surface area (Å²) in [4.78, 5) is 58.3. The van der Waals surface area contributed by atoms with E-state index in [2.05, 4.69) is 0 Å². The molecule has 6 unspecified atom stereocenters. The first-order valence-electron chi connectivity index (χ1n) is 8.40. The van der Waals surface area contributed by atoms with Crippen LogP contribution in [0.3, 0.4) is 0 Å². The van der Waals surface area contributed by atoms with Gasteiger partial charge in [-0.1, -0.05) is 0 Å². The number of aliphatic carboxylic acids is 2. The first kappa shape index (κ1) is 26.2. The summed E-state index contributed by atoms with van der Waals surface area (Å²) in [6.07, 6.45) is -3.96. The Morgan fingerprint density at radius 3 is 1.69 bits per heavy atom. The molecule has 0 radical (unpaired) electrons. The highest BCUT2D eigenvalue weighted by atomic mass is 16.4. The molecule has 0 bridgehead atoms. The Morgan fingerprint density at radius 1 is 0.828 bits per heavy atom. The maximum Gasteiger partial charge on any atom is 0.328 e. The van der Waals surface area contributed by atoms with Gasteiger partial charge in [0.05, 0.1) is 25.2 Å².